The predicted octanol–water partition coefficient (Wildman–Crippen LogP) is 6.84. The number of rotatable bonds is 17. The number of ether oxygens (including phenoxy) is 2. The Kier molecular flexibility index (Phi) is 11.9. The van der Waals surface area contributed by atoms with Crippen LogP contribution in [0.25, 0.3) is 0 Å². The molecule has 2 N–H and O–H groups in total. The molecular formula is C32H36O6. The van der Waals surface area contributed by atoms with E-state index in [1.54, 1.807) is 12.1 Å². The first-order valence-electron chi connectivity index (χ1n) is 13.1. The molecule has 200 valence electrons. The predicted molar refractivity (Wildman–Crippen MR) is 148 cm³/mol. The number of aliphatic carboxylic acids is 1. The first-order valence-corrected chi connectivity index (χ1v) is 13.1. The van der Waals surface area contributed by atoms with Gasteiger partial charge in [-0.05, 0) is 79.1 Å². The molecule has 0 saturated heterocycles. The summed E-state index contributed by atoms with van der Waals surface area (Å²) in [5.41, 5.74) is 2.52. The largest absolute Gasteiger partial charge is 0.493 e. The van der Waals surface area contributed by atoms with Gasteiger partial charge in [0.25, 0.3) is 0 Å². The Morgan fingerprint density at radius 3 is 2.00 bits per heavy atom. The summed E-state index contributed by atoms with van der Waals surface area (Å²) < 4.78 is 11.5. The second kappa shape index (κ2) is 15.9. The highest BCUT2D eigenvalue weighted by Crippen LogP contribution is 2.20. The Bertz CT molecular complexity index is 1140. The van der Waals surface area contributed by atoms with Crippen molar-refractivity contribution in [1.82, 2.24) is 0 Å². The van der Waals surface area contributed by atoms with E-state index in [0.29, 0.717) is 19.6 Å². The van der Waals surface area contributed by atoms with Crippen LogP contribution in [0.2, 0.25) is 0 Å². The Labute approximate surface area is 224 Å². The number of para-hydroxylation sites is 1. The molecule has 0 aromatic heterocycles. The van der Waals surface area contributed by atoms with Crippen LogP contribution in [-0.2, 0) is 17.6 Å². The molecule has 0 spiro atoms. The van der Waals surface area contributed by atoms with Crippen LogP contribution in [0.5, 0.6) is 11.5 Å². The zero-order valence-corrected chi connectivity index (χ0v) is 21.6. The molecular weight excluding hydrogens is 480 g/mol. The van der Waals surface area contributed by atoms with Gasteiger partial charge in [-0.1, -0.05) is 61.0 Å². The summed E-state index contributed by atoms with van der Waals surface area (Å²) in [6, 6.07) is 24.8. The lowest BCUT2D eigenvalue weighted by atomic mass is 9.92. The fourth-order valence-electron chi connectivity index (χ4n) is 4.11. The van der Waals surface area contributed by atoms with Crippen LogP contribution in [-0.4, -0.2) is 35.4 Å². The Morgan fingerprint density at radius 1 is 0.737 bits per heavy atom. The van der Waals surface area contributed by atoms with E-state index in [4.69, 9.17) is 19.7 Å². The Balaban J connectivity index is 1.45. The molecule has 3 aromatic carbocycles. The highest BCUT2D eigenvalue weighted by Gasteiger charge is 2.09. The van der Waals surface area contributed by atoms with E-state index in [-0.39, 0.29) is 17.9 Å². The van der Waals surface area contributed by atoms with Gasteiger partial charge in [-0.3, -0.25) is 4.79 Å². The minimum atomic E-state index is -0.935. The first-order chi connectivity index (χ1) is 18.5. The molecule has 38 heavy (non-hydrogen) atoms. The molecule has 0 amide bonds. The highest BCUT2D eigenvalue weighted by atomic mass is 16.5. The monoisotopic (exact) mass is 516 g/mol. The number of allylic oxidation sites excluding steroid dienone is 2. The smallest absolute Gasteiger partial charge is 0.335 e. The molecule has 6 heteroatoms. The Morgan fingerprint density at radius 2 is 1.37 bits per heavy atom. The number of unbranched alkanes of at least 4 members (excludes halogenated alkanes) is 1. The number of benzene rings is 3. The van der Waals surface area contributed by atoms with Crippen molar-refractivity contribution in [2.24, 2.45) is 5.92 Å². The molecule has 3 aromatic rings. The van der Waals surface area contributed by atoms with Gasteiger partial charge in [-0.15, -0.1) is 0 Å². The molecule has 0 aliphatic heterocycles. The molecule has 3 rings (SSSR count). The van der Waals surface area contributed by atoms with E-state index >= 15 is 0 Å². The lowest BCUT2D eigenvalue weighted by Crippen LogP contribution is -2.05. The number of hydrogen-bond acceptors (Lipinski definition) is 4. The van der Waals surface area contributed by atoms with E-state index in [1.165, 1.54) is 5.56 Å². The average Bonchev–Trinajstić information content (AvgIpc) is 2.92. The maximum absolute atomic E-state index is 11.1. The fraction of sp³-hybridized carbons (Fsp3) is 0.312. The van der Waals surface area contributed by atoms with Gasteiger partial charge in [0, 0.05) is 12.8 Å². The number of hydrogen-bond donors (Lipinski definition) is 2. The molecule has 1 unspecified atom stereocenters. The zero-order chi connectivity index (χ0) is 27.0. The van der Waals surface area contributed by atoms with E-state index < -0.39 is 11.9 Å². The lowest BCUT2D eigenvalue weighted by Gasteiger charge is -2.13. The maximum Gasteiger partial charge on any atom is 0.335 e. The van der Waals surface area contributed by atoms with Crippen molar-refractivity contribution in [1.29, 1.82) is 0 Å². The topological polar surface area (TPSA) is 93.1 Å². The number of carboxylic acid groups (broad SMARTS) is 2. The molecule has 0 aliphatic rings. The number of aromatic carboxylic acids is 1. The van der Waals surface area contributed by atoms with Crippen LogP contribution in [0, 0.1) is 5.92 Å². The Hall–Kier alpha value is -4.06. The second-order valence-corrected chi connectivity index (χ2v) is 9.25. The third kappa shape index (κ3) is 10.9. The molecule has 0 fully saturated rings. The van der Waals surface area contributed by atoms with Crippen LogP contribution < -0.4 is 9.47 Å². The van der Waals surface area contributed by atoms with E-state index in [9.17, 15) is 9.59 Å². The van der Waals surface area contributed by atoms with Crippen LogP contribution in [0.15, 0.2) is 91.0 Å². The SMILES string of the molecule is O=C(O)CCCCC(/C=C\Cc1ccc(OCCCOc2ccccc2)cc1)Cc1ccc(C(=O)O)cc1. The van der Waals surface area contributed by atoms with Crippen molar-refractivity contribution in [2.75, 3.05) is 13.2 Å². The summed E-state index contributed by atoms with van der Waals surface area (Å²) in [4.78, 5) is 22.0. The number of carbonyl (C=O) groups is 2. The summed E-state index contributed by atoms with van der Waals surface area (Å²) in [5.74, 6) is 0.242. The number of carboxylic acids is 2. The molecule has 0 aliphatic carbocycles. The van der Waals surface area contributed by atoms with Gasteiger partial charge in [0.1, 0.15) is 11.5 Å². The van der Waals surface area contributed by atoms with Gasteiger partial charge in [-0.2, -0.15) is 0 Å². The zero-order valence-electron chi connectivity index (χ0n) is 21.6. The lowest BCUT2D eigenvalue weighted by molar-refractivity contribution is -0.137. The fourth-order valence-corrected chi connectivity index (χ4v) is 4.11. The van der Waals surface area contributed by atoms with E-state index in [1.807, 2.05) is 54.6 Å². The summed E-state index contributed by atoms with van der Waals surface area (Å²) in [6.45, 7) is 1.19. The maximum atomic E-state index is 11.1. The summed E-state index contributed by atoms with van der Waals surface area (Å²) in [5, 5.41) is 18.0. The van der Waals surface area contributed by atoms with Crippen molar-refractivity contribution < 1.29 is 29.3 Å². The normalized spacial score (nSPS) is 11.8. The van der Waals surface area contributed by atoms with E-state index in [0.717, 1.165) is 49.2 Å². The summed E-state index contributed by atoms with van der Waals surface area (Å²) in [6.07, 6.45) is 9.26. The molecule has 0 heterocycles. The van der Waals surface area contributed by atoms with Crippen LogP contribution in [0.4, 0.5) is 0 Å². The van der Waals surface area contributed by atoms with Crippen molar-refractivity contribution in [3.05, 3.63) is 108 Å². The van der Waals surface area contributed by atoms with Crippen molar-refractivity contribution >= 4 is 11.9 Å². The van der Waals surface area contributed by atoms with E-state index in [2.05, 4.69) is 24.3 Å². The van der Waals surface area contributed by atoms with Crippen molar-refractivity contribution in [3.63, 3.8) is 0 Å². The third-order valence-corrected chi connectivity index (χ3v) is 6.17. The molecule has 0 bridgehead atoms. The van der Waals surface area contributed by atoms with Gasteiger partial charge in [0.05, 0.1) is 18.8 Å². The van der Waals surface area contributed by atoms with Crippen LogP contribution >= 0.6 is 0 Å². The van der Waals surface area contributed by atoms with Gasteiger partial charge < -0.3 is 19.7 Å². The average molecular weight is 517 g/mol. The third-order valence-electron chi connectivity index (χ3n) is 6.17. The standard InChI is InChI=1S/C32H36O6/c33-31(34)13-5-4-8-26(24-27-14-18-28(19-15-27)32(35)36)10-6-9-25-16-20-30(21-17-25)38-23-7-22-37-29-11-2-1-3-12-29/h1-3,6,10-12,14-21,26H,4-5,7-9,13,22-24H2,(H,33,34)(H,35,36)/b10-6-. The molecule has 0 radical (unpaired) electrons. The highest BCUT2D eigenvalue weighted by molar-refractivity contribution is 5.87. The van der Waals surface area contributed by atoms with Crippen molar-refractivity contribution in [3.8, 4) is 11.5 Å². The minimum absolute atomic E-state index is 0.179. The van der Waals surface area contributed by atoms with Crippen LogP contribution in [0.3, 0.4) is 0 Å². The molecule has 1 atom stereocenters. The van der Waals surface area contributed by atoms with Gasteiger partial charge >= 0.3 is 11.9 Å². The second-order valence-electron chi connectivity index (χ2n) is 9.25. The molecule has 6 nitrogen and oxygen atoms in total. The van der Waals surface area contributed by atoms with Gasteiger partial charge in [0.15, 0.2) is 0 Å². The summed E-state index contributed by atoms with van der Waals surface area (Å²) in [7, 11) is 0. The quantitative estimate of drug-likeness (QED) is 0.151. The summed E-state index contributed by atoms with van der Waals surface area (Å²) >= 11 is 0. The van der Waals surface area contributed by atoms with Crippen LogP contribution in [0.1, 0.15) is 53.6 Å². The first kappa shape index (κ1) is 28.5. The molecule has 0 saturated carbocycles. The van der Waals surface area contributed by atoms with Gasteiger partial charge in [-0.25, -0.2) is 4.79 Å². The minimum Gasteiger partial charge on any atom is -0.493 e. The van der Waals surface area contributed by atoms with Gasteiger partial charge in [0.2, 0.25) is 0 Å². The van der Waals surface area contributed by atoms with Crippen molar-refractivity contribution in [2.45, 2.75) is 44.9 Å².